The molecular weight excluding hydrogens is 454 g/mol. The van der Waals surface area contributed by atoms with Crippen LogP contribution in [0.4, 0.5) is 5.69 Å². The van der Waals surface area contributed by atoms with Gasteiger partial charge in [-0.2, -0.15) is 0 Å². The number of benzene rings is 3. The number of phenolic OH excluding ortho intramolecular Hbond substituents is 1. The summed E-state index contributed by atoms with van der Waals surface area (Å²) in [5.74, 6) is -0.389. The molecule has 182 valence electrons. The molecule has 0 bridgehead atoms. The van der Waals surface area contributed by atoms with E-state index in [0.29, 0.717) is 29.8 Å². The first-order valence-electron chi connectivity index (χ1n) is 12.0. The van der Waals surface area contributed by atoms with Crippen LogP contribution in [0.3, 0.4) is 0 Å². The smallest absolute Gasteiger partial charge is 0.238 e. The van der Waals surface area contributed by atoms with Gasteiger partial charge in [0.25, 0.3) is 0 Å². The number of Topliss-reactive ketones (excluding diaryl/α,β-unsaturated/α-hetero) is 1. The lowest BCUT2D eigenvalue weighted by Gasteiger charge is -2.25. The van der Waals surface area contributed by atoms with Gasteiger partial charge in [-0.15, -0.1) is 0 Å². The first kappa shape index (κ1) is 23.5. The third kappa shape index (κ3) is 4.31. The number of carbonyl (C=O) groups excluding carboxylic acids is 3. The number of rotatable bonds is 6. The molecule has 1 heterocycles. The SMILES string of the molecule is CC(C)(Oc1ccc(-c2ccc(O)cc2)cc1)C(=O)c1ccc(N2C(=O)C3CC=CCC3C2=O)cc1. The van der Waals surface area contributed by atoms with Gasteiger partial charge in [-0.3, -0.25) is 19.3 Å². The number of allylic oxidation sites excluding steroid dienone is 2. The topological polar surface area (TPSA) is 83.9 Å². The summed E-state index contributed by atoms with van der Waals surface area (Å²) in [6.45, 7) is 3.42. The number of amides is 2. The Balaban J connectivity index is 1.28. The number of anilines is 1. The highest BCUT2D eigenvalue weighted by molar-refractivity contribution is 6.22. The van der Waals surface area contributed by atoms with Crippen molar-refractivity contribution in [1.82, 2.24) is 0 Å². The molecular formula is C30H27NO5. The summed E-state index contributed by atoms with van der Waals surface area (Å²) < 4.78 is 6.04. The summed E-state index contributed by atoms with van der Waals surface area (Å²) in [6.07, 6.45) is 5.09. The lowest BCUT2D eigenvalue weighted by atomic mass is 9.85. The Morgan fingerprint density at radius 3 is 1.83 bits per heavy atom. The van der Waals surface area contributed by atoms with Crippen molar-refractivity contribution in [1.29, 1.82) is 0 Å². The number of imide groups is 1. The van der Waals surface area contributed by atoms with Crippen LogP contribution in [0.5, 0.6) is 11.5 Å². The fourth-order valence-corrected chi connectivity index (χ4v) is 4.87. The highest BCUT2D eigenvalue weighted by Gasteiger charge is 2.47. The number of carbonyl (C=O) groups is 3. The number of phenols is 1. The van der Waals surface area contributed by atoms with Crippen molar-refractivity contribution in [3.05, 3.63) is 90.5 Å². The summed E-state index contributed by atoms with van der Waals surface area (Å²) in [4.78, 5) is 40.2. The number of nitrogens with zero attached hydrogens (tertiary/aromatic N) is 1. The van der Waals surface area contributed by atoms with Crippen molar-refractivity contribution in [3.63, 3.8) is 0 Å². The monoisotopic (exact) mass is 481 g/mol. The van der Waals surface area contributed by atoms with Gasteiger partial charge in [0.15, 0.2) is 5.60 Å². The largest absolute Gasteiger partial charge is 0.508 e. The minimum atomic E-state index is -1.14. The summed E-state index contributed by atoms with van der Waals surface area (Å²) >= 11 is 0. The molecule has 6 heteroatoms. The van der Waals surface area contributed by atoms with Gasteiger partial charge in [-0.1, -0.05) is 36.4 Å². The van der Waals surface area contributed by atoms with Crippen LogP contribution < -0.4 is 9.64 Å². The molecule has 36 heavy (non-hydrogen) atoms. The lowest BCUT2D eigenvalue weighted by molar-refractivity contribution is -0.122. The fraction of sp³-hybridized carbons (Fsp3) is 0.233. The minimum Gasteiger partial charge on any atom is -0.508 e. The van der Waals surface area contributed by atoms with E-state index < -0.39 is 5.60 Å². The second-order valence-corrected chi connectivity index (χ2v) is 9.73. The van der Waals surface area contributed by atoms with Crippen LogP contribution in [0, 0.1) is 11.8 Å². The molecule has 0 spiro atoms. The van der Waals surface area contributed by atoms with E-state index in [9.17, 15) is 19.5 Å². The van der Waals surface area contributed by atoms with Crippen LogP contribution in [0.2, 0.25) is 0 Å². The maximum absolute atomic E-state index is 13.3. The van der Waals surface area contributed by atoms with Crippen LogP contribution in [-0.4, -0.2) is 28.3 Å². The number of hydrogen-bond donors (Lipinski definition) is 1. The molecule has 2 atom stereocenters. The van der Waals surface area contributed by atoms with E-state index in [1.54, 1.807) is 62.4 Å². The summed E-state index contributed by atoms with van der Waals surface area (Å²) in [5.41, 5.74) is 1.70. The Labute approximate surface area is 209 Å². The summed E-state index contributed by atoms with van der Waals surface area (Å²) in [7, 11) is 0. The Bertz CT molecular complexity index is 1310. The zero-order valence-electron chi connectivity index (χ0n) is 20.2. The van der Waals surface area contributed by atoms with E-state index in [1.807, 2.05) is 36.4 Å². The van der Waals surface area contributed by atoms with E-state index in [0.717, 1.165) is 11.1 Å². The fourth-order valence-electron chi connectivity index (χ4n) is 4.87. The van der Waals surface area contributed by atoms with Gasteiger partial charge in [-0.25, -0.2) is 0 Å². The molecule has 3 aromatic rings. The molecule has 2 amide bonds. The van der Waals surface area contributed by atoms with Crippen LogP contribution in [0.1, 0.15) is 37.0 Å². The molecule has 3 aromatic carbocycles. The lowest BCUT2D eigenvalue weighted by Crippen LogP contribution is -2.38. The molecule has 0 saturated carbocycles. The molecule has 2 unspecified atom stereocenters. The molecule has 1 aliphatic carbocycles. The van der Waals surface area contributed by atoms with Crippen LogP contribution in [0.15, 0.2) is 84.9 Å². The van der Waals surface area contributed by atoms with E-state index >= 15 is 0 Å². The minimum absolute atomic E-state index is 0.173. The molecule has 1 fully saturated rings. The van der Waals surface area contributed by atoms with Crippen molar-refractivity contribution in [3.8, 4) is 22.6 Å². The second-order valence-electron chi connectivity index (χ2n) is 9.73. The van der Waals surface area contributed by atoms with Gasteiger partial charge < -0.3 is 9.84 Å². The van der Waals surface area contributed by atoms with Crippen LogP contribution in [-0.2, 0) is 9.59 Å². The van der Waals surface area contributed by atoms with Crippen molar-refractivity contribution >= 4 is 23.3 Å². The Kier molecular flexibility index (Phi) is 5.96. The van der Waals surface area contributed by atoms with Gasteiger partial charge in [0, 0.05) is 5.56 Å². The van der Waals surface area contributed by atoms with Gasteiger partial charge in [-0.05, 0) is 86.3 Å². The van der Waals surface area contributed by atoms with Gasteiger partial charge in [0.2, 0.25) is 17.6 Å². The van der Waals surface area contributed by atoms with E-state index in [4.69, 9.17) is 4.74 Å². The molecule has 0 aromatic heterocycles. The molecule has 2 aliphatic rings. The zero-order chi connectivity index (χ0) is 25.4. The highest BCUT2D eigenvalue weighted by Crippen LogP contribution is 2.38. The highest BCUT2D eigenvalue weighted by atomic mass is 16.5. The Morgan fingerprint density at radius 2 is 1.31 bits per heavy atom. The van der Waals surface area contributed by atoms with Gasteiger partial charge in [0.1, 0.15) is 11.5 Å². The maximum Gasteiger partial charge on any atom is 0.238 e. The van der Waals surface area contributed by atoms with Crippen molar-refractivity contribution in [2.75, 3.05) is 4.90 Å². The molecule has 1 aliphatic heterocycles. The first-order chi connectivity index (χ1) is 17.2. The van der Waals surface area contributed by atoms with Gasteiger partial charge >= 0.3 is 0 Å². The van der Waals surface area contributed by atoms with Crippen molar-refractivity contribution in [2.24, 2.45) is 11.8 Å². The van der Waals surface area contributed by atoms with Crippen molar-refractivity contribution in [2.45, 2.75) is 32.3 Å². The molecule has 6 nitrogen and oxygen atoms in total. The Morgan fingerprint density at radius 1 is 0.806 bits per heavy atom. The standard InChI is InChI=1S/C30H27NO5/c1-30(2,36-24-17-11-20(12-18-24)19-9-15-23(32)16-10-19)27(33)21-7-13-22(14-8-21)31-28(34)25-5-3-4-6-26(25)29(31)35/h3-4,7-18,25-26,32H,5-6H2,1-2H3. The van der Waals surface area contributed by atoms with Crippen LogP contribution in [0.25, 0.3) is 11.1 Å². The van der Waals surface area contributed by atoms with Crippen molar-refractivity contribution < 1.29 is 24.2 Å². The number of aromatic hydroxyl groups is 1. The maximum atomic E-state index is 13.3. The van der Waals surface area contributed by atoms with Gasteiger partial charge in [0.05, 0.1) is 17.5 Å². The predicted molar refractivity (Wildman–Crippen MR) is 137 cm³/mol. The quantitative estimate of drug-likeness (QED) is 0.283. The van der Waals surface area contributed by atoms with E-state index in [-0.39, 0.29) is 35.2 Å². The average Bonchev–Trinajstić information content (AvgIpc) is 3.14. The molecule has 1 N–H and O–H groups in total. The molecule has 1 saturated heterocycles. The third-order valence-corrected chi connectivity index (χ3v) is 6.87. The number of ether oxygens (including phenoxy) is 1. The van der Waals surface area contributed by atoms with E-state index in [1.165, 1.54) is 4.90 Å². The second kappa shape index (κ2) is 9.11. The normalized spacial score (nSPS) is 19.3. The first-order valence-corrected chi connectivity index (χ1v) is 12.0. The number of ketones is 1. The van der Waals surface area contributed by atoms with E-state index in [2.05, 4.69) is 0 Å². The third-order valence-electron chi connectivity index (χ3n) is 6.87. The molecule has 5 rings (SSSR count). The zero-order valence-corrected chi connectivity index (χ0v) is 20.2. The summed E-state index contributed by atoms with van der Waals surface area (Å²) in [5, 5.41) is 9.47. The summed E-state index contributed by atoms with van der Waals surface area (Å²) in [6, 6.07) is 20.9. The number of fused-ring (bicyclic) bond motifs is 1. The predicted octanol–water partition coefficient (Wildman–Crippen LogP) is 5.56. The van der Waals surface area contributed by atoms with Crippen LogP contribution >= 0.6 is 0 Å². The average molecular weight is 482 g/mol. The number of hydrogen-bond acceptors (Lipinski definition) is 5. The molecule has 0 radical (unpaired) electrons. The Hall–Kier alpha value is -4.19.